The number of halogens is 2. The first kappa shape index (κ1) is 33.7. The van der Waals surface area contributed by atoms with Gasteiger partial charge in [0.2, 0.25) is 0 Å². The highest BCUT2D eigenvalue weighted by molar-refractivity contribution is 5.89. The fraction of sp³-hybridized carbons (Fsp3) is 0.359. The molecular formula is C39H44F2N4O3. The van der Waals surface area contributed by atoms with Gasteiger partial charge in [0.25, 0.3) is 0 Å². The Morgan fingerprint density at radius 2 is 0.875 bits per heavy atom. The highest BCUT2D eigenvalue weighted by atomic mass is 19.1. The molecule has 4 aromatic carbocycles. The minimum atomic E-state index is -0.508. The van der Waals surface area contributed by atoms with E-state index >= 15 is 0 Å². The Labute approximate surface area is 282 Å². The molecule has 2 fully saturated rings. The lowest BCUT2D eigenvalue weighted by Gasteiger charge is -2.43. The summed E-state index contributed by atoms with van der Waals surface area (Å²) >= 11 is 0. The van der Waals surface area contributed by atoms with Crippen LogP contribution >= 0.6 is 0 Å². The van der Waals surface area contributed by atoms with E-state index in [1.807, 2.05) is 82.6 Å². The Hall–Kier alpha value is -4.15. The van der Waals surface area contributed by atoms with Gasteiger partial charge >= 0.3 is 0 Å². The smallest absolute Gasteiger partial charge is 0.171 e. The van der Waals surface area contributed by atoms with Crippen molar-refractivity contribution < 1.29 is 23.0 Å². The molecule has 0 aliphatic carbocycles. The molecule has 0 bridgehead atoms. The summed E-state index contributed by atoms with van der Waals surface area (Å²) in [6.45, 7) is 6.04. The Morgan fingerprint density at radius 3 is 1.25 bits per heavy atom. The van der Waals surface area contributed by atoms with Crippen LogP contribution in [-0.2, 0) is 27.5 Å². The zero-order chi connectivity index (χ0) is 33.1. The Morgan fingerprint density at radius 1 is 0.521 bits per heavy atom. The molecule has 252 valence electrons. The number of nitrogens with zero attached hydrogens (tertiary/aromatic N) is 4. The van der Waals surface area contributed by atoms with Crippen LogP contribution in [0.25, 0.3) is 0 Å². The predicted octanol–water partition coefficient (Wildman–Crippen LogP) is 5.65. The van der Waals surface area contributed by atoms with Crippen molar-refractivity contribution in [2.24, 2.45) is 0 Å². The van der Waals surface area contributed by atoms with E-state index in [1.54, 1.807) is 24.3 Å². The normalized spacial score (nSPS) is 17.3. The Bertz CT molecular complexity index is 1460. The van der Waals surface area contributed by atoms with Crippen LogP contribution in [0.2, 0.25) is 0 Å². The molecule has 9 heteroatoms. The topological polar surface area (TPSA) is 48.5 Å². The van der Waals surface area contributed by atoms with Crippen molar-refractivity contribution in [1.29, 1.82) is 0 Å². The monoisotopic (exact) mass is 654 g/mol. The summed E-state index contributed by atoms with van der Waals surface area (Å²) in [6, 6.07) is 32.5. The number of carbonyl (C=O) groups is 1. The fourth-order valence-electron chi connectivity index (χ4n) is 6.65. The lowest BCUT2D eigenvalue weighted by molar-refractivity contribution is -0.135. The first-order valence-electron chi connectivity index (χ1n) is 16.8. The molecule has 4 aromatic rings. The minimum absolute atomic E-state index is 0.0507. The van der Waals surface area contributed by atoms with Crippen molar-refractivity contribution in [1.82, 2.24) is 9.80 Å². The molecule has 2 unspecified atom stereocenters. The molecule has 2 aliphatic rings. The van der Waals surface area contributed by atoms with E-state index in [1.165, 1.54) is 12.1 Å². The summed E-state index contributed by atoms with van der Waals surface area (Å²) < 4.78 is 41.7. The quantitative estimate of drug-likeness (QED) is 0.174. The predicted molar refractivity (Wildman–Crippen MR) is 185 cm³/mol. The number of piperazine rings is 2. The molecule has 0 radical (unpaired) electrons. The van der Waals surface area contributed by atoms with Gasteiger partial charge in [-0.05, 0) is 35.4 Å². The zero-order valence-electron chi connectivity index (χ0n) is 27.3. The van der Waals surface area contributed by atoms with Gasteiger partial charge in [-0.1, -0.05) is 84.9 Å². The highest BCUT2D eigenvalue weighted by Gasteiger charge is 2.38. The van der Waals surface area contributed by atoms with Gasteiger partial charge in [-0.3, -0.25) is 14.6 Å². The second-order valence-electron chi connectivity index (χ2n) is 12.4. The molecule has 2 atom stereocenters. The number of anilines is 2. The third-order valence-electron chi connectivity index (χ3n) is 9.33. The van der Waals surface area contributed by atoms with E-state index in [0.29, 0.717) is 76.9 Å². The van der Waals surface area contributed by atoms with Crippen molar-refractivity contribution in [3.8, 4) is 0 Å². The lowest BCUT2D eigenvalue weighted by Crippen LogP contribution is -2.61. The molecule has 0 N–H and O–H groups in total. The Balaban J connectivity index is 1.19. The second kappa shape index (κ2) is 16.8. The summed E-state index contributed by atoms with van der Waals surface area (Å²) in [5.41, 5.74) is 3.25. The average Bonchev–Trinajstić information content (AvgIpc) is 3.13. The number of benzene rings is 4. The highest BCUT2D eigenvalue weighted by Crippen LogP contribution is 2.24. The van der Waals surface area contributed by atoms with Crippen LogP contribution in [0.15, 0.2) is 109 Å². The molecule has 0 spiro atoms. The van der Waals surface area contributed by atoms with Gasteiger partial charge in [0, 0.05) is 52.4 Å². The number of Topliss-reactive ketones (excluding diaryl/α,β-unsaturated/α-hetero) is 1. The Kier molecular flexibility index (Phi) is 11.8. The standard InChI is InChI=1S/C39H44F2N4O3/c40-33-15-7-9-17-35(33)42-19-23-44(24-20-42)37(29-47-27-31-11-3-1-4-12-31)39(46)38(30-48-28-32-13-5-2-6-14-32)45-25-21-43(22-26-45)36-18-10-8-16-34(36)41/h1-18,37-38H,19-30H2. The number of rotatable bonds is 14. The van der Waals surface area contributed by atoms with E-state index < -0.39 is 12.1 Å². The molecular weight excluding hydrogens is 610 g/mol. The third kappa shape index (κ3) is 8.65. The van der Waals surface area contributed by atoms with Gasteiger partial charge in [-0.25, -0.2) is 8.78 Å². The van der Waals surface area contributed by atoms with Crippen LogP contribution in [0.1, 0.15) is 11.1 Å². The second-order valence-corrected chi connectivity index (χ2v) is 12.4. The molecule has 2 aliphatic heterocycles. The first-order chi connectivity index (χ1) is 23.6. The van der Waals surface area contributed by atoms with Gasteiger partial charge < -0.3 is 19.3 Å². The largest absolute Gasteiger partial charge is 0.375 e. The molecule has 2 saturated heterocycles. The van der Waals surface area contributed by atoms with Crippen molar-refractivity contribution >= 4 is 17.2 Å². The maximum Gasteiger partial charge on any atom is 0.171 e. The summed E-state index contributed by atoms with van der Waals surface area (Å²) in [5, 5.41) is 0. The molecule has 0 amide bonds. The number of hydrogen-bond acceptors (Lipinski definition) is 7. The summed E-state index contributed by atoms with van der Waals surface area (Å²) in [5.74, 6) is -0.431. The summed E-state index contributed by atoms with van der Waals surface area (Å²) in [6.07, 6.45) is 0. The zero-order valence-corrected chi connectivity index (χ0v) is 27.3. The molecule has 48 heavy (non-hydrogen) atoms. The van der Waals surface area contributed by atoms with Crippen LogP contribution in [-0.4, -0.2) is 93.2 Å². The van der Waals surface area contributed by atoms with Crippen molar-refractivity contribution in [3.05, 3.63) is 132 Å². The fourth-order valence-corrected chi connectivity index (χ4v) is 6.65. The third-order valence-corrected chi connectivity index (χ3v) is 9.33. The van der Waals surface area contributed by atoms with Crippen LogP contribution in [0, 0.1) is 11.6 Å². The average molecular weight is 655 g/mol. The van der Waals surface area contributed by atoms with Crippen LogP contribution in [0.4, 0.5) is 20.2 Å². The van der Waals surface area contributed by atoms with E-state index in [9.17, 15) is 13.6 Å². The minimum Gasteiger partial charge on any atom is -0.375 e. The van der Waals surface area contributed by atoms with E-state index in [4.69, 9.17) is 9.47 Å². The van der Waals surface area contributed by atoms with Crippen LogP contribution < -0.4 is 9.80 Å². The molecule has 7 nitrogen and oxygen atoms in total. The number of ketones is 1. The summed E-state index contributed by atoms with van der Waals surface area (Å²) in [7, 11) is 0. The van der Waals surface area contributed by atoms with E-state index in [-0.39, 0.29) is 30.6 Å². The lowest BCUT2D eigenvalue weighted by atomic mass is 10.0. The molecule has 6 rings (SSSR count). The molecule has 0 aromatic heterocycles. The maximum absolute atomic E-state index is 14.7. The van der Waals surface area contributed by atoms with Gasteiger partial charge in [0.15, 0.2) is 5.78 Å². The van der Waals surface area contributed by atoms with Crippen molar-refractivity contribution in [2.45, 2.75) is 25.3 Å². The number of carbonyl (C=O) groups excluding carboxylic acids is 1. The maximum atomic E-state index is 14.7. The van der Waals surface area contributed by atoms with Gasteiger partial charge in [-0.2, -0.15) is 0 Å². The SMILES string of the molecule is O=C(C(COCc1ccccc1)N1CCN(c2ccccc2F)CC1)C(COCc1ccccc1)N1CCN(c2ccccc2F)CC1. The van der Waals surface area contributed by atoms with Crippen molar-refractivity contribution in [3.63, 3.8) is 0 Å². The van der Waals surface area contributed by atoms with Gasteiger partial charge in [0.1, 0.15) is 11.6 Å². The number of para-hydroxylation sites is 2. The molecule has 0 saturated carbocycles. The van der Waals surface area contributed by atoms with Gasteiger partial charge in [0.05, 0.1) is 49.9 Å². The van der Waals surface area contributed by atoms with Crippen LogP contribution in [0.5, 0.6) is 0 Å². The first-order valence-corrected chi connectivity index (χ1v) is 16.8. The van der Waals surface area contributed by atoms with E-state index in [0.717, 1.165) is 11.1 Å². The molecule has 2 heterocycles. The van der Waals surface area contributed by atoms with Gasteiger partial charge in [-0.15, -0.1) is 0 Å². The van der Waals surface area contributed by atoms with Crippen LogP contribution in [0.3, 0.4) is 0 Å². The summed E-state index contributed by atoms with van der Waals surface area (Å²) in [4.78, 5) is 23.2. The van der Waals surface area contributed by atoms with E-state index in [2.05, 4.69) is 9.80 Å². The van der Waals surface area contributed by atoms with Crippen molar-refractivity contribution in [2.75, 3.05) is 75.4 Å². The number of hydrogen-bond donors (Lipinski definition) is 0. The number of ether oxygens (including phenoxy) is 2.